The molecule has 1 saturated heterocycles. The van der Waals surface area contributed by atoms with Crippen molar-refractivity contribution >= 4 is 5.91 Å². The van der Waals surface area contributed by atoms with E-state index in [0.29, 0.717) is 12.3 Å². The van der Waals surface area contributed by atoms with E-state index in [2.05, 4.69) is 10.2 Å². The average Bonchev–Trinajstić information content (AvgIpc) is 2.57. The zero-order chi connectivity index (χ0) is 17.6. The molecule has 2 rings (SSSR count). The van der Waals surface area contributed by atoms with E-state index in [4.69, 9.17) is 4.74 Å². The Morgan fingerprint density at radius 2 is 2.04 bits per heavy atom. The number of hydrogen-bond donors (Lipinski definition) is 2. The van der Waals surface area contributed by atoms with Crippen LogP contribution < -0.4 is 10.1 Å². The van der Waals surface area contributed by atoms with Crippen molar-refractivity contribution in [3.63, 3.8) is 0 Å². The van der Waals surface area contributed by atoms with Crippen molar-refractivity contribution in [1.29, 1.82) is 0 Å². The Bertz CT molecular complexity index is 528. The molecule has 0 saturated carbocycles. The minimum Gasteiger partial charge on any atom is -0.478 e. The Morgan fingerprint density at radius 3 is 2.71 bits per heavy atom. The fourth-order valence-corrected chi connectivity index (χ4v) is 3.03. The summed E-state index contributed by atoms with van der Waals surface area (Å²) in [6.45, 7) is 8.08. The first-order valence-electron chi connectivity index (χ1n) is 8.81. The maximum Gasteiger partial charge on any atom is 0.263 e. The molecule has 1 aromatic rings. The van der Waals surface area contributed by atoms with Crippen LogP contribution in [-0.4, -0.2) is 53.8 Å². The van der Waals surface area contributed by atoms with Crippen LogP contribution in [0.5, 0.6) is 5.75 Å². The molecule has 0 radical (unpaired) electrons. The van der Waals surface area contributed by atoms with Crippen molar-refractivity contribution in [2.24, 2.45) is 0 Å². The van der Waals surface area contributed by atoms with E-state index in [1.54, 1.807) is 13.8 Å². The summed E-state index contributed by atoms with van der Waals surface area (Å²) in [5.41, 5.74) is 0.234. The molecule has 0 spiro atoms. The zero-order valence-corrected chi connectivity index (χ0v) is 15.0. The van der Waals surface area contributed by atoms with Crippen LogP contribution in [0.2, 0.25) is 0 Å². The first-order valence-corrected chi connectivity index (χ1v) is 8.81. The first-order chi connectivity index (χ1) is 11.4. The van der Waals surface area contributed by atoms with Crippen LogP contribution in [0.4, 0.5) is 0 Å². The van der Waals surface area contributed by atoms with Gasteiger partial charge in [0.25, 0.3) is 5.91 Å². The van der Waals surface area contributed by atoms with Gasteiger partial charge in [0.15, 0.2) is 5.60 Å². The first kappa shape index (κ1) is 18.7. The number of piperidine rings is 1. The number of carbonyl (C=O) groups excluding carboxylic acids is 1. The quantitative estimate of drug-likeness (QED) is 0.802. The minimum atomic E-state index is -0.923. The van der Waals surface area contributed by atoms with E-state index in [1.807, 2.05) is 31.2 Å². The van der Waals surface area contributed by atoms with Gasteiger partial charge in [0.2, 0.25) is 0 Å². The number of amides is 1. The van der Waals surface area contributed by atoms with Crippen molar-refractivity contribution in [1.82, 2.24) is 10.2 Å². The maximum atomic E-state index is 12.4. The van der Waals surface area contributed by atoms with Gasteiger partial charge in [-0.25, -0.2) is 0 Å². The number of aliphatic hydroxyl groups excluding tert-OH is 1. The molecule has 1 aliphatic rings. The van der Waals surface area contributed by atoms with E-state index in [9.17, 15) is 9.90 Å². The Hall–Kier alpha value is -1.59. The highest BCUT2D eigenvalue weighted by atomic mass is 16.5. The number of carbonyl (C=O) groups is 1. The Morgan fingerprint density at radius 1 is 1.33 bits per heavy atom. The molecule has 1 fully saturated rings. The summed E-state index contributed by atoms with van der Waals surface area (Å²) in [5, 5.41) is 12.4. The number of ether oxygens (including phenoxy) is 1. The summed E-state index contributed by atoms with van der Waals surface area (Å²) in [6, 6.07) is 7.92. The van der Waals surface area contributed by atoms with Gasteiger partial charge in [0.1, 0.15) is 5.75 Å². The SMILES string of the molecule is Cc1ccc(OC(C)(C)C(=O)NCCN2CCCCC2CO)cc1. The zero-order valence-electron chi connectivity index (χ0n) is 15.0. The molecule has 0 bridgehead atoms. The molecule has 1 unspecified atom stereocenters. The second-order valence-electron chi connectivity index (χ2n) is 7.05. The van der Waals surface area contributed by atoms with Crippen molar-refractivity contribution in [2.75, 3.05) is 26.2 Å². The van der Waals surface area contributed by atoms with Gasteiger partial charge in [-0.3, -0.25) is 9.69 Å². The molecule has 1 amide bonds. The third-order valence-corrected chi connectivity index (χ3v) is 4.59. The number of hydrogen-bond acceptors (Lipinski definition) is 4. The van der Waals surface area contributed by atoms with Crippen LogP contribution in [0.25, 0.3) is 0 Å². The largest absolute Gasteiger partial charge is 0.478 e. The molecule has 1 atom stereocenters. The second kappa shape index (κ2) is 8.49. The van der Waals surface area contributed by atoms with Crippen LogP contribution in [0.3, 0.4) is 0 Å². The van der Waals surface area contributed by atoms with E-state index in [-0.39, 0.29) is 18.6 Å². The van der Waals surface area contributed by atoms with Gasteiger partial charge in [-0.15, -0.1) is 0 Å². The molecule has 134 valence electrons. The van der Waals surface area contributed by atoms with Gasteiger partial charge in [-0.2, -0.15) is 0 Å². The van der Waals surface area contributed by atoms with Crippen molar-refractivity contribution in [3.05, 3.63) is 29.8 Å². The lowest BCUT2D eigenvalue weighted by Crippen LogP contribution is -2.50. The van der Waals surface area contributed by atoms with Crippen molar-refractivity contribution in [3.8, 4) is 5.75 Å². The average molecular weight is 334 g/mol. The highest BCUT2D eigenvalue weighted by Crippen LogP contribution is 2.19. The molecule has 24 heavy (non-hydrogen) atoms. The summed E-state index contributed by atoms with van der Waals surface area (Å²) in [4.78, 5) is 14.7. The van der Waals surface area contributed by atoms with Crippen molar-refractivity contribution in [2.45, 2.75) is 51.7 Å². The standard InChI is InChI=1S/C19H30N2O3/c1-15-7-9-17(10-8-15)24-19(2,3)18(23)20-11-13-21-12-5-4-6-16(21)14-22/h7-10,16,22H,4-6,11-14H2,1-3H3,(H,20,23). The molecule has 5 nitrogen and oxygen atoms in total. The molecule has 1 aliphatic heterocycles. The fourth-order valence-electron chi connectivity index (χ4n) is 3.03. The lowest BCUT2D eigenvalue weighted by atomic mass is 10.0. The summed E-state index contributed by atoms with van der Waals surface area (Å²) in [5.74, 6) is 0.567. The third kappa shape index (κ3) is 5.21. The number of nitrogens with zero attached hydrogens (tertiary/aromatic N) is 1. The van der Waals surface area contributed by atoms with Gasteiger partial charge in [-0.05, 0) is 52.3 Å². The van der Waals surface area contributed by atoms with Gasteiger partial charge < -0.3 is 15.2 Å². The monoisotopic (exact) mass is 334 g/mol. The summed E-state index contributed by atoms with van der Waals surface area (Å²) in [6.07, 6.45) is 3.37. The predicted molar refractivity (Wildman–Crippen MR) is 95.2 cm³/mol. The number of rotatable bonds is 7. The van der Waals surface area contributed by atoms with E-state index in [0.717, 1.165) is 31.5 Å². The fraction of sp³-hybridized carbons (Fsp3) is 0.632. The van der Waals surface area contributed by atoms with Gasteiger partial charge in [-0.1, -0.05) is 24.1 Å². The second-order valence-corrected chi connectivity index (χ2v) is 7.05. The van der Waals surface area contributed by atoms with Crippen molar-refractivity contribution < 1.29 is 14.6 Å². The minimum absolute atomic E-state index is 0.124. The summed E-state index contributed by atoms with van der Waals surface area (Å²) < 4.78 is 5.84. The third-order valence-electron chi connectivity index (χ3n) is 4.59. The van der Waals surface area contributed by atoms with Gasteiger partial charge >= 0.3 is 0 Å². The van der Waals surface area contributed by atoms with Crippen LogP contribution >= 0.6 is 0 Å². The molecule has 1 aromatic carbocycles. The van der Waals surface area contributed by atoms with E-state index >= 15 is 0 Å². The lowest BCUT2D eigenvalue weighted by Gasteiger charge is -2.34. The highest BCUT2D eigenvalue weighted by Gasteiger charge is 2.30. The Kier molecular flexibility index (Phi) is 6.63. The molecule has 1 heterocycles. The number of likely N-dealkylation sites (tertiary alicyclic amines) is 1. The Balaban J connectivity index is 1.80. The maximum absolute atomic E-state index is 12.4. The van der Waals surface area contributed by atoms with Crippen LogP contribution in [0.15, 0.2) is 24.3 Å². The van der Waals surface area contributed by atoms with Crippen LogP contribution in [0, 0.1) is 6.92 Å². The molecular formula is C19H30N2O3. The number of aliphatic hydroxyl groups is 1. The summed E-state index contributed by atoms with van der Waals surface area (Å²) in [7, 11) is 0. The molecular weight excluding hydrogens is 304 g/mol. The van der Waals surface area contributed by atoms with Gasteiger partial charge in [0, 0.05) is 19.1 Å². The van der Waals surface area contributed by atoms with Gasteiger partial charge in [0.05, 0.1) is 6.61 Å². The van der Waals surface area contributed by atoms with E-state index in [1.165, 1.54) is 6.42 Å². The molecule has 0 aromatic heterocycles. The summed E-state index contributed by atoms with van der Waals surface area (Å²) >= 11 is 0. The molecule has 5 heteroatoms. The van der Waals surface area contributed by atoms with E-state index < -0.39 is 5.60 Å². The number of aryl methyl sites for hydroxylation is 1. The predicted octanol–water partition coefficient (Wildman–Crippen LogP) is 2.12. The lowest BCUT2D eigenvalue weighted by molar-refractivity contribution is -0.134. The smallest absolute Gasteiger partial charge is 0.263 e. The molecule has 2 N–H and O–H groups in total. The number of benzene rings is 1. The normalized spacial score (nSPS) is 19.1. The Labute approximate surface area is 145 Å². The highest BCUT2D eigenvalue weighted by molar-refractivity contribution is 5.84. The van der Waals surface area contributed by atoms with Crippen LogP contribution in [-0.2, 0) is 4.79 Å². The molecule has 0 aliphatic carbocycles. The topological polar surface area (TPSA) is 61.8 Å². The van der Waals surface area contributed by atoms with Crippen LogP contribution in [0.1, 0.15) is 38.7 Å². The number of nitrogens with one attached hydrogen (secondary N) is 1.